The lowest BCUT2D eigenvalue weighted by molar-refractivity contribution is 0.887. The molecule has 1 aromatic carbocycles. The number of pyridine rings is 1. The zero-order valence-electron chi connectivity index (χ0n) is 9.43. The fourth-order valence-corrected chi connectivity index (χ4v) is 2.51. The highest BCUT2D eigenvalue weighted by Crippen LogP contribution is 2.20. The van der Waals surface area contributed by atoms with E-state index in [0.717, 1.165) is 39.5 Å². The summed E-state index contributed by atoms with van der Waals surface area (Å²) >= 11 is 3.41. The maximum absolute atomic E-state index is 11.9. The SMILES string of the molecule is CCCc1cc(=O)c2cc(Br)cc(C)c2[nH]1. The van der Waals surface area contributed by atoms with Crippen molar-refractivity contribution < 1.29 is 0 Å². The zero-order valence-corrected chi connectivity index (χ0v) is 11.0. The number of benzene rings is 1. The van der Waals surface area contributed by atoms with Gasteiger partial charge < -0.3 is 4.98 Å². The van der Waals surface area contributed by atoms with Crippen LogP contribution in [0, 0.1) is 6.92 Å². The van der Waals surface area contributed by atoms with Crippen LogP contribution >= 0.6 is 15.9 Å². The molecule has 0 aliphatic rings. The maximum atomic E-state index is 11.9. The predicted molar refractivity (Wildman–Crippen MR) is 71.0 cm³/mol. The Kier molecular flexibility index (Phi) is 3.15. The van der Waals surface area contributed by atoms with Gasteiger partial charge in [0.2, 0.25) is 0 Å². The fourth-order valence-electron chi connectivity index (χ4n) is 1.94. The Labute approximate surface area is 103 Å². The van der Waals surface area contributed by atoms with Gasteiger partial charge >= 0.3 is 0 Å². The van der Waals surface area contributed by atoms with Crippen molar-refractivity contribution in [3.05, 3.63) is 44.2 Å². The maximum Gasteiger partial charge on any atom is 0.189 e. The minimum absolute atomic E-state index is 0.0987. The molecule has 1 N–H and O–H groups in total. The summed E-state index contributed by atoms with van der Waals surface area (Å²) in [5.74, 6) is 0. The smallest absolute Gasteiger partial charge is 0.189 e. The van der Waals surface area contributed by atoms with Crippen LogP contribution in [0.3, 0.4) is 0 Å². The van der Waals surface area contributed by atoms with Crippen molar-refractivity contribution in [2.24, 2.45) is 0 Å². The summed E-state index contributed by atoms with van der Waals surface area (Å²) in [6.07, 6.45) is 1.96. The fraction of sp³-hybridized carbons (Fsp3) is 0.308. The van der Waals surface area contributed by atoms with E-state index in [1.165, 1.54) is 0 Å². The van der Waals surface area contributed by atoms with Gasteiger partial charge in [0.1, 0.15) is 0 Å². The number of fused-ring (bicyclic) bond motifs is 1. The van der Waals surface area contributed by atoms with Crippen molar-refractivity contribution in [1.82, 2.24) is 4.98 Å². The van der Waals surface area contributed by atoms with Crippen LogP contribution in [-0.4, -0.2) is 4.98 Å². The van der Waals surface area contributed by atoms with Gasteiger partial charge in [0.15, 0.2) is 5.43 Å². The average Bonchev–Trinajstić information content (AvgIpc) is 2.20. The lowest BCUT2D eigenvalue weighted by atomic mass is 10.1. The quantitative estimate of drug-likeness (QED) is 0.896. The highest BCUT2D eigenvalue weighted by molar-refractivity contribution is 9.10. The van der Waals surface area contributed by atoms with Crippen LogP contribution in [0.15, 0.2) is 27.5 Å². The Morgan fingerprint density at radius 1 is 1.31 bits per heavy atom. The van der Waals surface area contributed by atoms with E-state index in [1.54, 1.807) is 6.07 Å². The molecule has 0 fully saturated rings. The van der Waals surface area contributed by atoms with Gasteiger partial charge in [-0.05, 0) is 31.0 Å². The van der Waals surface area contributed by atoms with Crippen LogP contribution in [0.2, 0.25) is 0 Å². The van der Waals surface area contributed by atoms with Gasteiger partial charge in [-0.25, -0.2) is 0 Å². The topological polar surface area (TPSA) is 32.9 Å². The molecule has 0 radical (unpaired) electrons. The minimum atomic E-state index is 0.0987. The van der Waals surface area contributed by atoms with E-state index in [0.29, 0.717) is 0 Å². The number of H-pyrrole nitrogens is 1. The van der Waals surface area contributed by atoms with Gasteiger partial charge in [-0.15, -0.1) is 0 Å². The molecule has 0 atom stereocenters. The van der Waals surface area contributed by atoms with Gasteiger partial charge in [0.05, 0.1) is 5.52 Å². The molecule has 0 saturated carbocycles. The molecular weight excluding hydrogens is 266 g/mol. The van der Waals surface area contributed by atoms with E-state index in [1.807, 2.05) is 19.1 Å². The molecule has 0 amide bonds. The molecule has 84 valence electrons. The first kappa shape index (κ1) is 11.4. The molecular formula is C13H14BrNO. The Balaban J connectivity index is 2.77. The van der Waals surface area contributed by atoms with Crippen LogP contribution < -0.4 is 5.43 Å². The minimum Gasteiger partial charge on any atom is -0.358 e. The average molecular weight is 280 g/mol. The third-order valence-electron chi connectivity index (χ3n) is 2.68. The number of aryl methyl sites for hydroxylation is 2. The van der Waals surface area contributed by atoms with Gasteiger partial charge in [0.25, 0.3) is 0 Å². The van der Waals surface area contributed by atoms with Crippen molar-refractivity contribution in [2.45, 2.75) is 26.7 Å². The summed E-state index contributed by atoms with van der Waals surface area (Å²) < 4.78 is 0.950. The van der Waals surface area contributed by atoms with Crippen LogP contribution in [0.5, 0.6) is 0 Å². The Bertz CT molecular complexity index is 586. The Morgan fingerprint density at radius 3 is 2.75 bits per heavy atom. The summed E-state index contributed by atoms with van der Waals surface area (Å²) in [5, 5.41) is 0.756. The van der Waals surface area contributed by atoms with Crippen LogP contribution in [-0.2, 0) is 6.42 Å². The van der Waals surface area contributed by atoms with Crippen molar-refractivity contribution >= 4 is 26.8 Å². The molecule has 2 nitrogen and oxygen atoms in total. The molecule has 0 saturated heterocycles. The van der Waals surface area contributed by atoms with Crippen LogP contribution in [0.4, 0.5) is 0 Å². The number of aromatic nitrogens is 1. The van der Waals surface area contributed by atoms with Gasteiger partial charge in [-0.3, -0.25) is 4.79 Å². The number of halogens is 1. The summed E-state index contributed by atoms with van der Waals surface area (Å²) in [6.45, 7) is 4.12. The molecule has 3 heteroatoms. The first-order valence-corrected chi connectivity index (χ1v) is 6.23. The van der Waals surface area contributed by atoms with Crippen molar-refractivity contribution in [3.8, 4) is 0 Å². The van der Waals surface area contributed by atoms with Crippen LogP contribution in [0.1, 0.15) is 24.6 Å². The van der Waals surface area contributed by atoms with E-state index in [9.17, 15) is 4.79 Å². The van der Waals surface area contributed by atoms with E-state index in [2.05, 4.69) is 27.8 Å². The summed E-state index contributed by atoms with van der Waals surface area (Å²) in [7, 11) is 0. The highest BCUT2D eigenvalue weighted by Gasteiger charge is 2.05. The number of nitrogens with one attached hydrogen (secondary N) is 1. The standard InChI is InChI=1S/C13H14BrNO/c1-3-4-10-7-12(16)11-6-9(14)5-8(2)13(11)15-10/h5-7H,3-4H2,1-2H3,(H,15,16). The molecule has 0 spiro atoms. The van der Waals surface area contributed by atoms with Crippen molar-refractivity contribution in [2.75, 3.05) is 0 Å². The van der Waals surface area contributed by atoms with Gasteiger partial charge in [0, 0.05) is 21.6 Å². The second-order valence-corrected chi connectivity index (χ2v) is 4.97. The first-order valence-electron chi connectivity index (χ1n) is 5.44. The second-order valence-electron chi connectivity index (χ2n) is 4.05. The molecule has 16 heavy (non-hydrogen) atoms. The molecule has 0 unspecified atom stereocenters. The zero-order chi connectivity index (χ0) is 11.7. The molecule has 0 bridgehead atoms. The second kappa shape index (κ2) is 4.42. The summed E-state index contributed by atoms with van der Waals surface area (Å²) in [4.78, 5) is 15.3. The largest absolute Gasteiger partial charge is 0.358 e. The van der Waals surface area contributed by atoms with Gasteiger partial charge in [-0.2, -0.15) is 0 Å². The third-order valence-corrected chi connectivity index (χ3v) is 3.13. The Morgan fingerprint density at radius 2 is 2.06 bits per heavy atom. The lowest BCUT2D eigenvalue weighted by Gasteiger charge is -2.06. The van der Waals surface area contributed by atoms with Crippen LogP contribution in [0.25, 0.3) is 10.9 Å². The Hall–Kier alpha value is -1.09. The third kappa shape index (κ3) is 2.05. The number of hydrogen-bond donors (Lipinski definition) is 1. The summed E-state index contributed by atoms with van der Waals surface area (Å²) in [6, 6.07) is 5.60. The molecule has 2 aromatic rings. The highest BCUT2D eigenvalue weighted by atomic mass is 79.9. The monoisotopic (exact) mass is 279 g/mol. The van der Waals surface area contributed by atoms with E-state index >= 15 is 0 Å². The van der Waals surface area contributed by atoms with E-state index in [4.69, 9.17) is 0 Å². The van der Waals surface area contributed by atoms with E-state index < -0.39 is 0 Å². The first-order chi connectivity index (χ1) is 7.61. The number of rotatable bonds is 2. The number of aromatic amines is 1. The van der Waals surface area contributed by atoms with E-state index in [-0.39, 0.29) is 5.43 Å². The molecule has 0 aliphatic carbocycles. The van der Waals surface area contributed by atoms with Gasteiger partial charge in [-0.1, -0.05) is 29.3 Å². The summed E-state index contributed by atoms with van der Waals surface area (Å²) in [5.41, 5.74) is 3.17. The lowest BCUT2D eigenvalue weighted by Crippen LogP contribution is -2.06. The molecule has 2 rings (SSSR count). The molecule has 1 heterocycles. The van der Waals surface area contributed by atoms with Crippen molar-refractivity contribution in [1.29, 1.82) is 0 Å². The molecule has 0 aliphatic heterocycles. The predicted octanol–water partition coefficient (Wildman–Crippen LogP) is 3.55. The normalized spacial score (nSPS) is 10.9. The molecule has 1 aromatic heterocycles. The number of hydrogen-bond acceptors (Lipinski definition) is 1. The van der Waals surface area contributed by atoms with Crippen molar-refractivity contribution in [3.63, 3.8) is 0 Å².